The molecule has 0 aliphatic carbocycles. The Morgan fingerprint density at radius 1 is 1.20 bits per heavy atom. The van der Waals surface area contributed by atoms with Gasteiger partial charge < -0.3 is 4.74 Å². The predicted octanol–water partition coefficient (Wildman–Crippen LogP) is 5.22. The first-order valence-electron chi connectivity index (χ1n) is 7.63. The SMILES string of the molecule is O=Cc1c(-c2ccc(OCc3ccccc3)c(Br)c2)nc2sccn12. The van der Waals surface area contributed by atoms with E-state index in [0.717, 1.165) is 32.6 Å². The van der Waals surface area contributed by atoms with Gasteiger partial charge in [-0.25, -0.2) is 4.98 Å². The lowest BCUT2D eigenvalue weighted by molar-refractivity contribution is 0.111. The summed E-state index contributed by atoms with van der Waals surface area (Å²) in [5.74, 6) is 0.751. The topological polar surface area (TPSA) is 43.6 Å². The number of benzene rings is 2. The molecule has 0 radical (unpaired) electrons. The van der Waals surface area contributed by atoms with Crippen LogP contribution in [0.2, 0.25) is 0 Å². The van der Waals surface area contributed by atoms with Gasteiger partial charge in [-0.2, -0.15) is 0 Å². The molecular weight excluding hydrogens is 400 g/mol. The van der Waals surface area contributed by atoms with E-state index in [-0.39, 0.29) is 0 Å². The number of carbonyl (C=O) groups is 1. The molecule has 4 nitrogen and oxygen atoms in total. The molecule has 0 saturated heterocycles. The van der Waals surface area contributed by atoms with Gasteiger partial charge in [0.1, 0.15) is 23.7 Å². The van der Waals surface area contributed by atoms with Gasteiger partial charge in [0.2, 0.25) is 0 Å². The zero-order valence-electron chi connectivity index (χ0n) is 13.1. The minimum atomic E-state index is 0.499. The molecule has 2 aromatic carbocycles. The molecule has 0 bridgehead atoms. The van der Waals surface area contributed by atoms with Gasteiger partial charge in [0.15, 0.2) is 11.2 Å². The first-order valence-corrected chi connectivity index (χ1v) is 9.31. The molecule has 0 amide bonds. The summed E-state index contributed by atoms with van der Waals surface area (Å²) < 4.78 is 8.51. The Morgan fingerprint density at radius 3 is 2.80 bits per heavy atom. The second-order valence-corrected chi connectivity index (χ2v) is 7.17. The van der Waals surface area contributed by atoms with Crippen molar-refractivity contribution in [1.29, 1.82) is 0 Å². The number of hydrogen-bond donors (Lipinski definition) is 0. The van der Waals surface area contributed by atoms with E-state index in [4.69, 9.17) is 4.74 Å². The summed E-state index contributed by atoms with van der Waals surface area (Å²) in [7, 11) is 0. The van der Waals surface area contributed by atoms with Crippen molar-refractivity contribution < 1.29 is 9.53 Å². The Hall–Kier alpha value is -2.44. The van der Waals surface area contributed by atoms with Crippen LogP contribution in [0.3, 0.4) is 0 Å². The zero-order valence-corrected chi connectivity index (χ0v) is 15.5. The average molecular weight is 413 g/mol. The van der Waals surface area contributed by atoms with Crippen molar-refractivity contribution in [2.75, 3.05) is 0 Å². The number of hydrogen-bond acceptors (Lipinski definition) is 4. The Bertz CT molecular complexity index is 1040. The second kappa shape index (κ2) is 6.82. The van der Waals surface area contributed by atoms with Crippen molar-refractivity contribution in [3.8, 4) is 17.0 Å². The highest BCUT2D eigenvalue weighted by Gasteiger charge is 2.15. The van der Waals surface area contributed by atoms with Gasteiger partial charge in [-0.05, 0) is 39.7 Å². The van der Waals surface area contributed by atoms with Crippen molar-refractivity contribution in [3.63, 3.8) is 0 Å². The summed E-state index contributed by atoms with van der Waals surface area (Å²) in [5.41, 5.74) is 3.21. The van der Waals surface area contributed by atoms with Gasteiger partial charge in [-0.15, -0.1) is 11.3 Å². The van der Waals surface area contributed by atoms with Gasteiger partial charge in [0, 0.05) is 17.1 Å². The second-order valence-electron chi connectivity index (χ2n) is 5.44. The van der Waals surface area contributed by atoms with Crippen LogP contribution < -0.4 is 4.74 Å². The highest BCUT2D eigenvalue weighted by Crippen LogP contribution is 2.33. The van der Waals surface area contributed by atoms with Gasteiger partial charge in [-0.1, -0.05) is 30.3 Å². The van der Waals surface area contributed by atoms with E-state index in [1.807, 2.05) is 60.1 Å². The standard InChI is InChI=1S/C19H13BrN2O2S/c20-15-10-14(18-16(11-23)22-8-9-25-19(22)21-18)6-7-17(15)24-12-13-4-2-1-3-5-13/h1-11H,12H2. The Labute approximate surface area is 156 Å². The molecule has 124 valence electrons. The van der Waals surface area contributed by atoms with Crippen molar-refractivity contribution in [2.24, 2.45) is 0 Å². The van der Waals surface area contributed by atoms with E-state index < -0.39 is 0 Å². The molecule has 0 unspecified atom stereocenters. The van der Waals surface area contributed by atoms with Crippen LogP contribution in [0, 0.1) is 0 Å². The van der Waals surface area contributed by atoms with Crippen LogP contribution in [0.5, 0.6) is 5.75 Å². The normalized spacial score (nSPS) is 10.9. The van der Waals surface area contributed by atoms with Gasteiger partial charge >= 0.3 is 0 Å². The van der Waals surface area contributed by atoms with Crippen molar-refractivity contribution in [1.82, 2.24) is 9.38 Å². The van der Waals surface area contributed by atoms with Crippen LogP contribution in [0.1, 0.15) is 16.1 Å². The Balaban J connectivity index is 1.62. The molecule has 0 saturated carbocycles. The fourth-order valence-electron chi connectivity index (χ4n) is 2.63. The summed E-state index contributed by atoms with van der Waals surface area (Å²) in [6.07, 6.45) is 2.70. The van der Waals surface area contributed by atoms with Gasteiger partial charge in [0.25, 0.3) is 0 Å². The van der Waals surface area contributed by atoms with Crippen LogP contribution in [-0.4, -0.2) is 15.7 Å². The number of halogens is 1. The maximum absolute atomic E-state index is 11.5. The van der Waals surface area contributed by atoms with Gasteiger partial charge in [0.05, 0.1) is 4.47 Å². The van der Waals surface area contributed by atoms with Crippen LogP contribution in [0.25, 0.3) is 16.2 Å². The largest absolute Gasteiger partial charge is 0.488 e. The fourth-order valence-corrected chi connectivity index (χ4v) is 3.84. The van der Waals surface area contributed by atoms with Crippen LogP contribution in [-0.2, 0) is 6.61 Å². The number of aldehydes is 1. The molecule has 0 atom stereocenters. The quantitative estimate of drug-likeness (QED) is 0.422. The minimum absolute atomic E-state index is 0.499. The molecule has 0 spiro atoms. The molecule has 4 aromatic rings. The molecule has 25 heavy (non-hydrogen) atoms. The predicted molar refractivity (Wildman–Crippen MR) is 102 cm³/mol. The molecule has 0 aliphatic rings. The third kappa shape index (κ3) is 3.10. The van der Waals surface area contributed by atoms with Crippen LogP contribution in [0.15, 0.2) is 64.6 Å². The number of nitrogens with zero attached hydrogens (tertiary/aromatic N) is 2. The molecule has 2 aromatic heterocycles. The van der Waals surface area contributed by atoms with Crippen LogP contribution >= 0.6 is 27.3 Å². The smallest absolute Gasteiger partial charge is 0.194 e. The van der Waals surface area contributed by atoms with E-state index in [0.29, 0.717) is 18.0 Å². The molecule has 0 fully saturated rings. The number of imidazole rings is 1. The van der Waals surface area contributed by atoms with E-state index in [9.17, 15) is 4.79 Å². The lowest BCUT2D eigenvalue weighted by atomic mass is 10.1. The third-order valence-corrected chi connectivity index (χ3v) is 5.23. The number of rotatable bonds is 5. The highest BCUT2D eigenvalue weighted by atomic mass is 79.9. The lowest BCUT2D eigenvalue weighted by Crippen LogP contribution is -1.96. The fraction of sp³-hybridized carbons (Fsp3) is 0.0526. The Kier molecular flexibility index (Phi) is 4.38. The first-order chi connectivity index (χ1) is 12.3. The average Bonchev–Trinajstić information content (AvgIpc) is 3.22. The minimum Gasteiger partial charge on any atom is -0.488 e. The molecule has 0 N–H and O–H groups in total. The third-order valence-electron chi connectivity index (χ3n) is 3.85. The van der Waals surface area contributed by atoms with E-state index in [1.165, 1.54) is 11.3 Å². The summed E-state index contributed by atoms with van der Waals surface area (Å²) >= 11 is 5.06. The molecule has 6 heteroatoms. The van der Waals surface area contributed by atoms with E-state index in [1.54, 1.807) is 4.40 Å². The Morgan fingerprint density at radius 2 is 2.04 bits per heavy atom. The first kappa shape index (κ1) is 16.1. The number of fused-ring (bicyclic) bond motifs is 1. The molecule has 4 rings (SSSR count). The van der Waals surface area contributed by atoms with Crippen molar-refractivity contribution >= 4 is 38.5 Å². The lowest BCUT2D eigenvalue weighted by Gasteiger charge is -2.09. The maximum Gasteiger partial charge on any atom is 0.194 e. The molecular formula is C19H13BrN2O2S. The molecule has 2 heterocycles. The van der Waals surface area contributed by atoms with E-state index >= 15 is 0 Å². The zero-order chi connectivity index (χ0) is 17.2. The monoisotopic (exact) mass is 412 g/mol. The summed E-state index contributed by atoms with van der Waals surface area (Å²) in [6.45, 7) is 0.499. The number of carbonyl (C=O) groups excluding carboxylic acids is 1. The van der Waals surface area contributed by atoms with Crippen molar-refractivity contribution in [2.45, 2.75) is 6.61 Å². The number of ether oxygens (including phenoxy) is 1. The summed E-state index contributed by atoms with van der Waals surface area (Å²) in [4.78, 5) is 16.9. The van der Waals surface area contributed by atoms with Gasteiger partial charge in [-0.3, -0.25) is 9.20 Å². The highest BCUT2D eigenvalue weighted by molar-refractivity contribution is 9.10. The summed E-state index contributed by atoms with van der Waals surface area (Å²) in [6, 6.07) is 15.8. The number of aromatic nitrogens is 2. The number of thiazole rings is 1. The van der Waals surface area contributed by atoms with E-state index in [2.05, 4.69) is 20.9 Å². The van der Waals surface area contributed by atoms with Crippen LogP contribution in [0.4, 0.5) is 0 Å². The summed E-state index contributed by atoms with van der Waals surface area (Å²) in [5, 5.41) is 1.91. The van der Waals surface area contributed by atoms with Crippen molar-refractivity contribution in [3.05, 3.63) is 75.8 Å². The molecule has 0 aliphatic heterocycles. The maximum atomic E-state index is 11.5.